The van der Waals surface area contributed by atoms with Crippen LogP contribution in [0.1, 0.15) is 19.0 Å². The van der Waals surface area contributed by atoms with Crippen LogP contribution >= 0.6 is 0 Å². The number of nitrogens with zero attached hydrogens (tertiary/aromatic N) is 3. The molecule has 3 N–H and O–H groups in total. The number of guanidine groups is 1. The third-order valence-corrected chi connectivity index (χ3v) is 2.70. The van der Waals surface area contributed by atoms with Gasteiger partial charge in [-0.25, -0.2) is 14.1 Å². The number of hydrogen-bond donors (Lipinski definition) is 2. The number of halogens is 1. The molecule has 0 saturated heterocycles. The summed E-state index contributed by atoms with van der Waals surface area (Å²) in [4.78, 5) is 4.20. The molecule has 2 rings (SSSR count). The van der Waals surface area contributed by atoms with E-state index in [1.54, 1.807) is 16.8 Å². The van der Waals surface area contributed by atoms with Gasteiger partial charge in [-0.2, -0.15) is 5.10 Å². The summed E-state index contributed by atoms with van der Waals surface area (Å²) in [6, 6.07) is 8.02. The number of rotatable bonds is 5. The van der Waals surface area contributed by atoms with E-state index in [0.717, 1.165) is 24.3 Å². The first kappa shape index (κ1) is 14.0. The maximum Gasteiger partial charge on any atom is 0.188 e. The van der Waals surface area contributed by atoms with Gasteiger partial charge in [-0.3, -0.25) is 0 Å². The van der Waals surface area contributed by atoms with Gasteiger partial charge in [0.2, 0.25) is 0 Å². The third-order valence-electron chi connectivity index (χ3n) is 2.70. The van der Waals surface area contributed by atoms with E-state index >= 15 is 0 Å². The summed E-state index contributed by atoms with van der Waals surface area (Å²) in [6.45, 7) is 3.28. The summed E-state index contributed by atoms with van der Waals surface area (Å²) in [5, 5.41) is 7.36. The van der Waals surface area contributed by atoms with Crippen LogP contribution in [0.15, 0.2) is 41.5 Å². The predicted molar refractivity (Wildman–Crippen MR) is 77.1 cm³/mol. The summed E-state index contributed by atoms with van der Waals surface area (Å²) >= 11 is 0. The van der Waals surface area contributed by atoms with Crippen molar-refractivity contribution in [3.8, 4) is 5.69 Å². The first-order chi connectivity index (χ1) is 9.69. The Kier molecular flexibility index (Phi) is 4.70. The van der Waals surface area contributed by atoms with Crippen LogP contribution in [0.3, 0.4) is 0 Å². The van der Waals surface area contributed by atoms with Gasteiger partial charge in [-0.1, -0.05) is 6.92 Å². The molecule has 0 fully saturated rings. The molecule has 5 nitrogen and oxygen atoms in total. The summed E-state index contributed by atoms with van der Waals surface area (Å²) in [7, 11) is 0. The highest BCUT2D eigenvalue weighted by Gasteiger charge is 2.01. The van der Waals surface area contributed by atoms with Crippen molar-refractivity contribution < 1.29 is 4.39 Å². The minimum atomic E-state index is -0.263. The third kappa shape index (κ3) is 3.81. The summed E-state index contributed by atoms with van der Waals surface area (Å²) in [5.41, 5.74) is 7.31. The number of hydrogen-bond acceptors (Lipinski definition) is 2. The van der Waals surface area contributed by atoms with Crippen molar-refractivity contribution in [2.75, 3.05) is 6.54 Å². The molecule has 0 bridgehead atoms. The summed E-state index contributed by atoms with van der Waals surface area (Å²) < 4.78 is 14.5. The Balaban J connectivity index is 2.00. The molecule has 106 valence electrons. The first-order valence-corrected chi connectivity index (χ1v) is 6.53. The molecule has 0 radical (unpaired) electrons. The van der Waals surface area contributed by atoms with E-state index < -0.39 is 0 Å². The van der Waals surface area contributed by atoms with Crippen LogP contribution < -0.4 is 11.1 Å². The van der Waals surface area contributed by atoms with E-state index in [1.807, 2.05) is 12.3 Å². The van der Waals surface area contributed by atoms with E-state index in [1.165, 1.54) is 12.1 Å². The first-order valence-electron chi connectivity index (χ1n) is 6.53. The molecule has 1 aromatic heterocycles. The smallest absolute Gasteiger partial charge is 0.188 e. The highest BCUT2D eigenvalue weighted by Crippen LogP contribution is 2.09. The lowest BCUT2D eigenvalue weighted by molar-refractivity contribution is 0.627. The molecule has 1 aromatic carbocycles. The van der Waals surface area contributed by atoms with Crippen LogP contribution in [-0.4, -0.2) is 22.3 Å². The van der Waals surface area contributed by atoms with Crippen molar-refractivity contribution in [1.82, 2.24) is 15.1 Å². The quantitative estimate of drug-likeness (QED) is 0.646. The van der Waals surface area contributed by atoms with Crippen molar-refractivity contribution >= 4 is 5.96 Å². The largest absolute Gasteiger partial charge is 0.370 e. The van der Waals surface area contributed by atoms with E-state index in [9.17, 15) is 4.39 Å². The molecule has 0 amide bonds. The fraction of sp³-hybridized carbons (Fsp3) is 0.286. The Morgan fingerprint density at radius 3 is 2.80 bits per heavy atom. The standard InChI is InChI=1S/C14H18FN5/c1-2-8-17-14(16)18-10-12-7-9-20(19-12)13-5-3-11(15)4-6-13/h3-7,9H,2,8,10H2,1H3,(H3,16,17,18). The normalized spacial score (nSPS) is 11.6. The zero-order chi connectivity index (χ0) is 14.4. The molecule has 2 aromatic rings. The number of aliphatic imine (C=N–C) groups is 1. The van der Waals surface area contributed by atoms with Gasteiger partial charge in [0.1, 0.15) is 5.82 Å². The van der Waals surface area contributed by atoms with Crippen LogP contribution in [0.25, 0.3) is 5.69 Å². The lowest BCUT2D eigenvalue weighted by Crippen LogP contribution is -2.32. The monoisotopic (exact) mass is 275 g/mol. The molecular weight excluding hydrogens is 257 g/mol. The molecule has 0 aliphatic carbocycles. The number of nitrogens with one attached hydrogen (secondary N) is 1. The second kappa shape index (κ2) is 6.70. The van der Waals surface area contributed by atoms with Gasteiger partial charge in [-0.05, 0) is 36.8 Å². The van der Waals surface area contributed by atoms with Crippen LogP contribution in [0.4, 0.5) is 4.39 Å². The van der Waals surface area contributed by atoms with Gasteiger partial charge < -0.3 is 11.1 Å². The zero-order valence-corrected chi connectivity index (χ0v) is 11.4. The van der Waals surface area contributed by atoms with Crippen LogP contribution in [0.2, 0.25) is 0 Å². The molecule has 0 spiro atoms. The Labute approximate surface area is 117 Å². The number of nitrogens with two attached hydrogens (primary N) is 1. The Bertz CT molecular complexity index is 574. The average Bonchev–Trinajstić information content (AvgIpc) is 2.92. The van der Waals surface area contributed by atoms with Gasteiger partial charge in [0.15, 0.2) is 5.96 Å². The molecule has 6 heteroatoms. The fourth-order valence-corrected chi connectivity index (χ4v) is 1.66. The Morgan fingerprint density at radius 2 is 2.10 bits per heavy atom. The second-order valence-electron chi connectivity index (χ2n) is 4.36. The van der Waals surface area contributed by atoms with Crippen molar-refractivity contribution in [3.05, 3.63) is 48.0 Å². The van der Waals surface area contributed by atoms with Gasteiger partial charge in [0.05, 0.1) is 17.9 Å². The van der Waals surface area contributed by atoms with Crippen LogP contribution in [0.5, 0.6) is 0 Å². The lowest BCUT2D eigenvalue weighted by Gasteiger charge is -2.02. The van der Waals surface area contributed by atoms with Crippen molar-refractivity contribution in [2.24, 2.45) is 10.7 Å². The molecule has 0 aliphatic heterocycles. The van der Waals surface area contributed by atoms with Crippen molar-refractivity contribution in [1.29, 1.82) is 0 Å². The lowest BCUT2D eigenvalue weighted by atomic mass is 10.3. The van der Waals surface area contributed by atoms with Gasteiger partial charge in [0.25, 0.3) is 0 Å². The van der Waals surface area contributed by atoms with Crippen molar-refractivity contribution in [2.45, 2.75) is 19.9 Å². The SMILES string of the molecule is CCCNC(N)=NCc1ccn(-c2ccc(F)cc2)n1. The van der Waals surface area contributed by atoms with Gasteiger partial charge in [0, 0.05) is 12.7 Å². The molecule has 0 atom stereocenters. The highest BCUT2D eigenvalue weighted by atomic mass is 19.1. The predicted octanol–water partition coefficient (Wildman–Crippen LogP) is 1.83. The van der Waals surface area contributed by atoms with Crippen molar-refractivity contribution in [3.63, 3.8) is 0 Å². The van der Waals surface area contributed by atoms with Gasteiger partial charge >= 0.3 is 0 Å². The summed E-state index contributed by atoms with van der Waals surface area (Å²) in [5.74, 6) is 0.156. The van der Waals surface area contributed by atoms with Gasteiger partial charge in [-0.15, -0.1) is 0 Å². The van der Waals surface area contributed by atoms with E-state index in [4.69, 9.17) is 5.73 Å². The van der Waals surface area contributed by atoms with Crippen LogP contribution in [0, 0.1) is 5.82 Å². The Hall–Kier alpha value is -2.37. The Morgan fingerprint density at radius 1 is 1.35 bits per heavy atom. The molecule has 1 heterocycles. The van der Waals surface area contributed by atoms with E-state index in [-0.39, 0.29) is 5.82 Å². The topological polar surface area (TPSA) is 68.2 Å². The average molecular weight is 275 g/mol. The minimum Gasteiger partial charge on any atom is -0.370 e. The van der Waals surface area contributed by atoms with E-state index in [2.05, 4.69) is 22.3 Å². The molecule has 0 aliphatic rings. The molecule has 0 unspecified atom stereocenters. The minimum absolute atomic E-state index is 0.263. The van der Waals surface area contributed by atoms with Crippen LogP contribution in [-0.2, 0) is 6.54 Å². The second-order valence-corrected chi connectivity index (χ2v) is 4.36. The molecular formula is C14H18FN5. The van der Waals surface area contributed by atoms with E-state index in [0.29, 0.717) is 12.5 Å². The maximum absolute atomic E-state index is 12.9. The zero-order valence-electron chi connectivity index (χ0n) is 11.4. The molecule has 20 heavy (non-hydrogen) atoms. The molecule has 0 saturated carbocycles. The maximum atomic E-state index is 12.9. The number of aromatic nitrogens is 2. The fourth-order valence-electron chi connectivity index (χ4n) is 1.66. The highest BCUT2D eigenvalue weighted by molar-refractivity contribution is 5.77. The number of benzene rings is 1. The summed E-state index contributed by atoms with van der Waals surface area (Å²) in [6.07, 6.45) is 2.81.